The summed E-state index contributed by atoms with van der Waals surface area (Å²) in [6, 6.07) is 0.304. The van der Waals surface area contributed by atoms with Crippen LogP contribution in [0.3, 0.4) is 0 Å². The van der Waals surface area contributed by atoms with Gasteiger partial charge in [0.1, 0.15) is 23.2 Å². The minimum atomic E-state index is -1.25. The summed E-state index contributed by atoms with van der Waals surface area (Å²) < 4.78 is 15.4. The fourth-order valence-electron chi connectivity index (χ4n) is 3.53. The highest BCUT2D eigenvalue weighted by molar-refractivity contribution is 6.33. The van der Waals surface area contributed by atoms with Gasteiger partial charge in [-0.3, -0.25) is 0 Å². The third-order valence-corrected chi connectivity index (χ3v) is 5.44. The first-order valence-corrected chi connectivity index (χ1v) is 8.95. The number of hydrogen-bond acceptors (Lipinski definition) is 4. The molecule has 2 aromatic rings. The van der Waals surface area contributed by atoms with E-state index in [4.69, 9.17) is 11.6 Å². The van der Waals surface area contributed by atoms with Gasteiger partial charge in [-0.2, -0.15) is 14.6 Å². The van der Waals surface area contributed by atoms with Crippen molar-refractivity contribution >= 4 is 23.2 Å². The molecule has 0 bridgehead atoms. The standard InChI is InChI=1S/C17H25ClFN5/c1-10(19)14-13(18)15(24-16(23-14)20-9-21-24)22-12-7-5-11(6-8-12)17(2,3)4/h9-12,22H,5-8H2,1-4H3. The van der Waals surface area contributed by atoms with Gasteiger partial charge in [-0.05, 0) is 43.9 Å². The molecule has 2 heterocycles. The number of hydrogen-bond donors (Lipinski definition) is 1. The average Bonchev–Trinajstić information content (AvgIpc) is 2.97. The molecule has 1 aliphatic rings. The second kappa shape index (κ2) is 6.47. The summed E-state index contributed by atoms with van der Waals surface area (Å²) in [6.45, 7) is 8.34. The van der Waals surface area contributed by atoms with E-state index in [1.807, 2.05) is 0 Å². The number of fused-ring (bicyclic) bond motifs is 1. The van der Waals surface area contributed by atoms with Gasteiger partial charge >= 0.3 is 0 Å². The van der Waals surface area contributed by atoms with Crippen LogP contribution in [0.1, 0.15) is 65.2 Å². The molecule has 0 aliphatic heterocycles. The maximum absolute atomic E-state index is 13.8. The smallest absolute Gasteiger partial charge is 0.254 e. The van der Waals surface area contributed by atoms with Crippen molar-refractivity contribution in [1.29, 1.82) is 0 Å². The van der Waals surface area contributed by atoms with E-state index in [2.05, 4.69) is 41.2 Å². The maximum Gasteiger partial charge on any atom is 0.254 e. The largest absolute Gasteiger partial charge is 0.366 e. The quantitative estimate of drug-likeness (QED) is 0.859. The highest BCUT2D eigenvalue weighted by atomic mass is 35.5. The number of nitrogens with zero attached hydrogens (tertiary/aromatic N) is 4. The number of halogens is 2. The SMILES string of the molecule is CC(F)c1nc2ncnn2c(NC2CCC(C(C)(C)C)CC2)c1Cl. The molecule has 0 saturated heterocycles. The van der Waals surface area contributed by atoms with Crippen LogP contribution in [0.4, 0.5) is 10.2 Å². The Hall–Kier alpha value is -1.43. The zero-order valence-electron chi connectivity index (χ0n) is 14.7. The van der Waals surface area contributed by atoms with E-state index in [0.717, 1.165) is 18.8 Å². The predicted molar refractivity (Wildman–Crippen MR) is 94.1 cm³/mol. The molecule has 3 rings (SSSR count). The molecule has 1 aliphatic carbocycles. The van der Waals surface area contributed by atoms with Gasteiger partial charge in [-0.15, -0.1) is 0 Å². The molecule has 0 radical (unpaired) electrons. The summed E-state index contributed by atoms with van der Waals surface area (Å²) in [5.74, 6) is 1.69. The van der Waals surface area contributed by atoms with Gasteiger partial charge in [0.05, 0.1) is 0 Å². The molecule has 0 spiro atoms. The summed E-state index contributed by atoms with van der Waals surface area (Å²) in [7, 11) is 0. The molecule has 5 nitrogen and oxygen atoms in total. The molecule has 2 aromatic heterocycles. The van der Waals surface area contributed by atoms with Crippen LogP contribution in [0, 0.1) is 11.3 Å². The normalized spacial score (nSPS) is 23.4. The molecule has 1 saturated carbocycles. The third kappa shape index (κ3) is 3.34. The van der Waals surface area contributed by atoms with E-state index >= 15 is 0 Å². The van der Waals surface area contributed by atoms with E-state index in [1.165, 1.54) is 26.1 Å². The van der Waals surface area contributed by atoms with Crippen molar-refractivity contribution < 1.29 is 4.39 Å². The van der Waals surface area contributed by atoms with Gasteiger partial charge in [0.2, 0.25) is 0 Å². The van der Waals surface area contributed by atoms with Crippen LogP contribution in [0.5, 0.6) is 0 Å². The van der Waals surface area contributed by atoms with E-state index in [-0.39, 0.29) is 5.69 Å². The fourth-order valence-corrected chi connectivity index (χ4v) is 3.85. The lowest BCUT2D eigenvalue weighted by Crippen LogP contribution is -2.32. The van der Waals surface area contributed by atoms with Crippen LogP contribution in [0.25, 0.3) is 5.78 Å². The Labute approximate surface area is 147 Å². The van der Waals surface area contributed by atoms with E-state index < -0.39 is 6.17 Å². The molecule has 7 heteroatoms. The van der Waals surface area contributed by atoms with Crippen molar-refractivity contribution in [2.45, 2.75) is 65.6 Å². The summed E-state index contributed by atoms with van der Waals surface area (Å²) in [5.41, 5.74) is 0.554. The minimum Gasteiger partial charge on any atom is -0.366 e. The first-order chi connectivity index (χ1) is 11.3. The zero-order chi connectivity index (χ0) is 17.5. The Bertz CT molecular complexity index is 714. The number of aromatic nitrogens is 4. The first kappa shape index (κ1) is 17.4. The average molecular weight is 354 g/mol. The van der Waals surface area contributed by atoms with Crippen molar-refractivity contribution in [1.82, 2.24) is 19.6 Å². The summed E-state index contributed by atoms with van der Waals surface area (Å²) in [4.78, 5) is 8.25. The van der Waals surface area contributed by atoms with E-state index in [9.17, 15) is 4.39 Å². The molecule has 1 atom stereocenters. The predicted octanol–water partition coefficient (Wildman–Crippen LogP) is 4.83. The molecule has 0 amide bonds. The Kier molecular flexibility index (Phi) is 4.69. The summed E-state index contributed by atoms with van der Waals surface area (Å²) >= 11 is 6.41. The van der Waals surface area contributed by atoms with Crippen LogP contribution in [-0.4, -0.2) is 25.6 Å². The van der Waals surface area contributed by atoms with Crippen molar-refractivity contribution in [2.24, 2.45) is 11.3 Å². The Morgan fingerprint density at radius 3 is 2.54 bits per heavy atom. The van der Waals surface area contributed by atoms with Crippen molar-refractivity contribution in [3.05, 3.63) is 17.0 Å². The van der Waals surface area contributed by atoms with Gasteiger partial charge < -0.3 is 5.32 Å². The third-order valence-electron chi connectivity index (χ3n) is 5.06. The summed E-state index contributed by atoms with van der Waals surface area (Å²) in [5, 5.41) is 7.93. The molecule has 24 heavy (non-hydrogen) atoms. The van der Waals surface area contributed by atoms with Crippen LogP contribution in [0.2, 0.25) is 5.02 Å². The van der Waals surface area contributed by atoms with Gasteiger partial charge in [0, 0.05) is 6.04 Å². The second-order valence-corrected chi connectivity index (χ2v) is 8.18. The van der Waals surface area contributed by atoms with Crippen LogP contribution < -0.4 is 5.32 Å². The van der Waals surface area contributed by atoms with Crippen molar-refractivity contribution in [2.75, 3.05) is 5.32 Å². The Balaban J connectivity index is 1.83. The number of alkyl halides is 1. The molecule has 1 fully saturated rings. The zero-order valence-corrected chi connectivity index (χ0v) is 15.4. The molecular formula is C17H25ClFN5. The highest BCUT2D eigenvalue weighted by Gasteiger charge is 2.30. The lowest BCUT2D eigenvalue weighted by molar-refractivity contribution is 0.173. The molecule has 1 N–H and O–H groups in total. The topological polar surface area (TPSA) is 55.1 Å². The van der Waals surface area contributed by atoms with Gasteiger partial charge in [-0.25, -0.2) is 9.37 Å². The maximum atomic E-state index is 13.8. The number of rotatable bonds is 3. The monoisotopic (exact) mass is 353 g/mol. The molecule has 0 aromatic carbocycles. The molecule has 1 unspecified atom stereocenters. The van der Waals surface area contributed by atoms with Crippen molar-refractivity contribution in [3.8, 4) is 0 Å². The Morgan fingerprint density at radius 2 is 1.96 bits per heavy atom. The van der Waals surface area contributed by atoms with E-state index in [1.54, 1.807) is 4.52 Å². The fraction of sp³-hybridized carbons (Fsp3) is 0.706. The first-order valence-electron chi connectivity index (χ1n) is 8.57. The van der Waals surface area contributed by atoms with Crippen LogP contribution in [-0.2, 0) is 0 Å². The van der Waals surface area contributed by atoms with Gasteiger partial charge in [0.15, 0.2) is 5.82 Å². The number of anilines is 1. The minimum absolute atomic E-state index is 0.211. The van der Waals surface area contributed by atoms with Gasteiger partial charge in [0.25, 0.3) is 5.78 Å². The summed E-state index contributed by atoms with van der Waals surface area (Å²) in [6.07, 6.45) is 4.64. The molecular weight excluding hydrogens is 329 g/mol. The number of nitrogens with one attached hydrogen (secondary N) is 1. The van der Waals surface area contributed by atoms with Crippen molar-refractivity contribution in [3.63, 3.8) is 0 Å². The second-order valence-electron chi connectivity index (χ2n) is 7.81. The lowest BCUT2D eigenvalue weighted by Gasteiger charge is -2.37. The Morgan fingerprint density at radius 1 is 1.29 bits per heavy atom. The van der Waals surface area contributed by atoms with Gasteiger partial charge in [-0.1, -0.05) is 32.4 Å². The van der Waals surface area contributed by atoms with Crippen LogP contribution >= 0.6 is 11.6 Å². The highest BCUT2D eigenvalue weighted by Crippen LogP contribution is 2.39. The van der Waals surface area contributed by atoms with Crippen LogP contribution in [0.15, 0.2) is 6.33 Å². The lowest BCUT2D eigenvalue weighted by atomic mass is 9.71. The van der Waals surface area contributed by atoms with E-state index in [0.29, 0.717) is 28.1 Å². The molecule has 132 valence electrons.